The minimum Gasteiger partial charge on any atom is -0.411 e. The number of hydrogen-bond donors (Lipinski definition) is 1. The summed E-state index contributed by atoms with van der Waals surface area (Å²) in [6, 6.07) is 18.8. The van der Waals surface area contributed by atoms with Crippen LogP contribution in [-0.4, -0.2) is 274 Å². The monoisotopic (exact) mass is 1680 g/mol. The number of sulfonamides is 1. The molecule has 3 amide bonds. The number of hydrogen-bond acceptors (Lipinski definition) is 16. The zero-order chi connectivity index (χ0) is 86.3. The largest absolute Gasteiger partial charge is 0.416 e. The third kappa shape index (κ3) is 19.7. The smallest absolute Gasteiger partial charge is 0.411 e. The van der Waals surface area contributed by atoms with Crippen LogP contribution in [0.5, 0.6) is 0 Å². The number of likely N-dealkylation sites (tertiary alicyclic amines) is 3. The van der Waals surface area contributed by atoms with Gasteiger partial charge in [0.05, 0.1) is 68.5 Å². The van der Waals surface area contributed by atoms with Crippen molar-refractivity contribution in [1.29, 1.82) is 0 Å². The van der Waals surface area contributed by atoms with Crippen LogP contribution >= 0.6 is 0 Å². The van der Waals surface area contributed by atoms with Crippen LogP contribution in [-0.2, 0) is 41.2 Å². The molecule has 8 aliphatic rings. The molecule has 1 saturated carbocycles. The molecule has 0 spiro atoms. The van der Waals surface area contributed by atoms with Gasteiger partial charge in [0.15, 0.2) is 0 Å². The zero-order valence-corrected chi connectivity index (χ0v) is 73.5. The second-order valence-electron chi connectivity index (χ2n) is 35.9. The van der Waals surface area contributed by atoms with Gasteiger partial charge in [0.2, 0.25) is 10.0 Å². The number of carbonyl (C=O) groups is 3. The average Bonchev–Trinajstić information content (AvgIpc) is 1.08. The Morgan fingerprint density at radius 3 is 1.20 bits per heavy atom. The van der Waals surface area contributed by atoms with Gasteiger partial charge in [-0.3, -0.25) is 53.1 Å². The van der Waals surface area contributed by atoms with E-state index in [9.17, 15) is 58.7 Å². The lowest BCUT2D eigenvalue weighted by atomic mass is 9.82. The van der Waals surface area contributed by atoms with Gasteiger partial charge in [-0.2, -0.15) is 36.5 Å². The first-order valence-corrected chi connectivity index (χ1v) is 44.3. The van der Waals surface area contributed by atoms with Crippen molar-refractivity contribution in [2.24, 2.45) is 20.0 Å². The van der Waals surface area contributed by atoms with E-state index in [4.69, 9.17) is 4.74 Å². The summed E-state index contributed by atoms with van der Waals surface area (Å²) in [6.07, 6.45) is 0.656. The molecule has 1 unspecified atom stereocenters. The number of alkyl halides is 6. The van der Waals surface area contributed by atoms with Crippen LogP contribution in [0.25, 0.3) is 0 Å². The van der Waals surface area contributed by atoms with E-state index in [1.807, 2.05) is 62.6 Å². The van der Waals surface area contributed by atoms with Crippen molar-refractivity contribution in [2.45, 2.75) is 231 Å². The van der Waals surface area contributed by atoms with Crippen molar-refractivity contribution in [3.8, 4) is 0 Å². The Balaban J connectivity index is 0.000000165. The van der Waals surface area contributed by atoms with Crippen molar-refractivity contribution in [2.75, 3.05) is 125 Å². The molecule has 0 radical (unpaired) electrons. The van der Waals surface area contributed by atoms with E-state index in [1.54, 1.807) is 71.0 Å². The molecule has 656 valence electrons. The number of halogens is 7. The third-order valence-corrected chi connectivity index (χ3v) is 30.6. The summed E-state index contributed by atoms with van der Waals surface area (Å²) in [5.74, 6) is 0.103. The summed E-state index contributed by atoms with van der Waals surface area (Å²) in [7, 11) is 2.19. The summed E-state index contributed by atoms with van der Waals surface area (Å²) in [6.45, 7) is 40.2. The average molecular weight is 1690 g/mol. The summed E-state index contributed by atoms with van der Waals surface area (Å²) < 4.78 is 129. The number of piperazine rings is 3. The van der Waals surface area contributed by atoms with Crippen LogP contribution in [0.2, 0.25) is 0 Å². The topological polar surface area (TPSA) is 201 Å². The predicted molar refractivity (Wildman–Crippen MR) is 444 cm³/mol. The molecule has 7 saturated heterocycles. The lowest BCUT2D eigenvalue weighted by molar-refractivity contribution is -0.138. The van der Waals surface area contributed by atoms with Gasteiger partial charge in [-0.15, -0.1) is 9.94 Å². The summed E-state index contributed by atoms with van der Waals surface area (Å²) in [5.41, 5.74) is 7.73. The standard InChI is InChI=1S/C33H49FN6O3S.C28H40F3N5O.C27H38F3N5O3/c1-23-22-38(33(4)13-17-37(18-14-33)32(41)30-24(2)35-36(5)25(30)3)19-20-40(23)31(27-7-6-8-28(34)21-27)26-11-15-39(16-12-26)44(42,43)29-9-10-29;1-7-24(22-8-10-23(11-9-22)28(29,30)31)36-17-16-35(18-19(36)2)27(5)12-14-34(15-13-27)26(37)25-20(3)32-33(6)21(25)4;1-18-16-33(14-15-34(18)23(17-38-5)21-6-8-22(9-7-21)27(28,29)30)26(4)10-12-32(13-11-26)25(36)24-19(2)31-35(37)20(24)3/h6-8,21,23,26,29,31H,9-20,22H2,1-5H3;8-11,19,24H,7,12-18H2,1-6H3;6-9,18,23,37H,10-17H2,1-5H3/t23-,31?;19-,24-;18-,23-/m000/s1. The lowest BCUT2D eigenvalue weighted by Crippen LogP contribution is -2.63. The Hall–Kier alpha value is -7.36. The number of carbonyl (C=O) groups excluding carboxylic acids is 3. The molecule has 0 bridgehead atoms. The summed E-state index contributed by atoms with van der Waals surface area (Å²) >= 11 is 0. The molecule has 1 N–H and O–H groups in total. The third-order valence-electron chi connectivity index (χ3n) is 28.2. The second-order valence-corrected chi connectivity index (χ2v) is 38.1. The maximum atomic E-state index is 14.5. The lowest BCUT2D eigenvalue weighted by Gasteiger charge is -2.54. The Labute approximate surface area is 699 Å². The number of ether oxygens (including phenoxy) is 1. The van der Waals surface area contributed by atoms with Crippen molar-refractivity contribution in [3.05, 3.63) is 157 Å². The molecule has 14 rings (SSSR count). The molecule has 119 heavy (non-hydrogen) atoms. The first-order valence-electron chi connectivity index (χ1n) is 42.8. The van der Waals surface area contributed by atoms with Gasteiger partial charge in [0.25, 0.3) is 17.7 Å². The fraction of sp³-hybridized carbons (Fsp3) is 0.659. The summed E-state index contributed by atoms with van der Waals surface area (Å²) in [5, 5.41) is 22.5. The van der Waals surface area contributed by atoms with Gasteiger partial charge in [-0.25, -0.2) is 17.1 Å². The molecule has 3 aromatic carbocycles. The number of aromatic nitrogens is 6. The van der Waals surface area contributed by atoms with Crippen LogP contribution in [0.3, 0.4) is 0 Å². The van der Waals surface area contributed by atoms with Crippen molar-refractivity contribution >= 4 is 27.7 Å². The van der Waals surface area contributed by atoms with Gasteiger partial charge in [-0.05, 0) is 213 Å². The van der Waals surface area contributed by atoms with Gasteiger partial charge in [0, 0.05) is 191 Å². The number of benzene rings is 3. The molecule has 6 atom stereocenters. The van der Waals surface area contributed by atoms with E-state index < -0.39 is 33.5 Å². The predicted octanol–water partition coefficient (Wildman–Crippen LogP) is 13.5. The molecule has 1 aliphatic carbocycles. The van der Waals surface area contributed by atoms with E-state index in [-0.39, 0.29) is 87.6 Å². The summed E-state index contributed by atoms with van der Waals surface area (Å²) in [4.78, 5) is 61.4. The Bertz CT molecular complexity index is 4610. The number of nitrogens with zero attached hydrogens (tertiary/aromatic N) is 16. The van der Waals surface area contributed by atoms with E-state index in [0.29, 0.717) is 49.7 Å². The minimum absolute atomic E-state index is 0.00696. The highest BCUT2D eigenvalue weighted by molar-refractivity contribution is 7.90. The SMILES string of the molecule is CC[C@@H](c1ccc(C(F)(F)F)cc1)N1CCN(C2(C)CCN(C(=O)c3c(C)nn(C)c3C)CC2)C[C@@H]1C.COC[C@@H](c1ccc(C(F)(F)F)cc1)N1CCN(C2(C)CCN(C(=O)c3c(C)nn(O)c3C)CC2)C[C@@H]1C.Cc1nn(C)c(C)c1C(=O)N1CCC(C)(N2CCN(C(c3cccc(F)c3)C3CCN(S(=O)(=O)C4CC4)CC3)[C@@H](C)C2)CC1. The highest BCUT2D eigenvalue weighted by atomic mass is 32.2. The van der Waals surface area contributed by atoms with Crippen LogP contribution in [0, 0.1) is 53.3 Å². The molecule has 31 heteroatoms. The molecule has 7 aliphatic heterocycles. The molecule has 23 nitrogen and oxygen atoms in total. The minimum atomic E-state index is -4.36. The van der Waals surface area contributed by atoms with Crippen molar-refractivity contribution < 1.29 is 63.5 Å². The number of aryl methyl sites for hydroxylation is 5. The van der Waals surface area contributed by atoms with Gasteiger partial charge in [-0.1, -0.05) is 43.3 Å². The molecular formula is C88H127F7N16O7S. The maximum Gasteiger partial charge on any atom is 0.416 e. The van der Waals surface area contributed by atoms with E-state index in [1.165, 1.54) is 18.2 Å². The fourth-order valence-electron chi connectivity index (χ4n) is 20.3. The molecule has 6 aromatic rings. The normalized spacial score (nSPS) is 23.3. The Morgan fingerprint density at radius 2 is 0.874 bits per heavy atom. The number of piperidine rings is 4. The van der Waals surface area contributed by atoms with Crippen LogP contribution in [0.15, 0.2) is 72.8 Å². The maximum absolute atomic E-state index is 14.5. The molecule has 10 heterocycles. The number of amides is 3. The first kappa shape index (κ1) is 90.9. The fourth-order valence-corrected chi connectivity index (χ4v) is 22.1. The Kier molecular flexibility index (Phi) is 27.9. The van der Waals surface area contributed by atoms with Crippen molar-refractivity contribution in [3.63, 3.8) is 0 Å². The van der Waals surface area contributed by atoms with Crippen LogP contribution < -0.4 is 0 Å². The van der Waals surface area contributed by atoms with E-state index >= 15 is 0 Å². The quantitative estimate of drug-likeness (QED) is 0.0628. The molecular weight excluding hydrogens is 1560 g/mol. The first-order chi connectivity index (χ1) is 56.1. The number of methoxy groups -OCH3 is 1. The van der Waals surface area contributed by atoms with Gasteiger partial charge >= 0.3 is 12.4 Å². The highest BCUT2D eigenvalue weighted by Gasteiger charge is 2.49. The van der Waals surface area contributed by atoms with Crippen LogP contribution in [0.4, 0.5) is 30.7 Å². The van der Waals surface area contributed by atoms with E-state index in [2.05, 4.69) is 93.2 Å². The van der Waals surface area contributed by atoms with Gasteiger partial charge < -0.3 is 24.6 Å². The molecule has 8 fully saturated rings. The second kappa shape index (κ2) is 36.6. The Morgan fingerprint density at radius 1 is 0.504 bits per heavy atom. The van der Waals surface area contributed by atoms with Gasteiger partial charge in [0.1, 0.15) is 5.82 Å². The van der Waals surface area contributed by atoms with Crippen molar-refractivity contribution in [1.82, 2.24) is 77.9 Å². The van der Waals surface area contributed by atoms with E-state index in [0.717, 1.165) is 223 Å². The highest BCUT2D eigenvalue weighted by Crippen LogP contribution is 2.44. The number of rotatable bonds is 18. The zero-order valence-electron chi connectivity index (χ0n) is 72.7. The molecule has 3 aromatic heterocycles. The van der Waals surface area contributed by atoms with Crippen LogP contribution in [0.1, 0.15) is 230 Å².